The molecular formula is C10H15N3O. The van der Waals surface area contributed by atoms with E-state index in [1.165, 1.54) is 0 Å². The van der Waals surface area contributed by atoms with Crippen LogP contribution in [-0.2, 0) is 4.74 Å². The number of nitrogen functional groups attached to an aromatic ring is 1. The minimum atomic E-state index is 0.493. The molecule has 3 N–H and O–H groups in total. The highest BCUT2D eigenvalue weighted by atomic mass is 16.5. The third-order valence-electron chi connectivity index (χ3n) is 2.35. The average Bonchev–Trinajstić information content (AvgIpc) is 2.19. The Balaban J connectivity index is 1.95. The Hall–Kier alpha value is -1.29. The summed E-state index contributed by atoms with van der Waals surface area (Å²) < 4.78 is 5.28. The fourth-order valence-corrected chi connectivity index (χ4v) is 1.61. The highest BCUT2D eigenvalue weighted by Crippen LogP contribution is 2.15. The molecular weight excluding hydrogens is 178 g/mol. The van der Waals surface area contributed by atoms with Crippen molar-refractivity contribution in [2.24, 2.45) is 0 Å². The van der Waals surface area contributed by atoms with Crippen LogP contribution in [0.15, 0.2) is 18.5 Å². The van der Waals surface area contributed by atoms with Crippen LogP contribution in [0.4, 0.5) is 11.4 Å². The molecule has 0 amide bonds. The summed E-state index contributed by atoms with van der Waals surface area (Å²) in [5.41, 5.74) is 7.33. The maximum absolute atomic E-state index is 5.64. The lowest BCUT2D eigenvalue weighted by Crippen LogP contribution is -2.27. The second-order valence-electron chi connectivity index (χ2n) is 3.54. The van der Waals surface area contributed by atoms with Crippen molar-refractivity contribution < 1.29 is 4.74 Å². The first kappa shape index (κ1) is 9.27. The van der Waals surface area contributed by atoms with Crippen molar-refractivity contribution in [2.45, 2.75) is 18.9 Å². The summed E-state index contributed by atoms with van der Waals surface area (Å²) in [5.74, 6) is 0. The van der Waals surface area contributed by atoms with Crippen molar-refractivity contribution in [2.75, 3.05) is 24.3 Å². The summed E-state index contributed by atoms with van der Waals surface area (Å²) in [6, 6.07) is 2.40. The molecule has 2 heterocycles. The predicted molar refractivity (Wildman–Crippen MR) is 56.1 cm³/mol. The lowest BCUT2D eigenvalue weighted by molar-refractivity contribution is 0.0904. The van der Waals surface area contributed by atoms with E-state index in [-0.39, 0.29) is 0 Å². The number of rotatable bonds is 2. The van der Waals surface area contributed by atoms with Crippen molar-refractivity contribution in [3.8, 4) is 0 Å². The third-order valence-corrected chi connectivity index (χ3v) is 2.35. The van der Waals surface area contributed by atoms with Crippen molar-refractivity contribution in [3.05, 3.63) is 18.5 Å². The molecule has 1 fully saturated rings. The molecule has 1 aliphatic rings. The molecule has 0 aliphatic carbocycles. The van der Waals surface area contributed by atoms with Crippen molar-refractivity contribution in [1.82, 2.24) is 4.98 Å². The van der Waals surface area contributed by atoms with E-state index in [2.05, 4.69) is 10.3 Å². The Bertz CT molecular complexity index is 297. The molecule has 0 radical (unpaired) electrons. The quantitative estimate of drug-likeness (QED) is 0.742. The SMILES string of the molecule is Nc1cncc(NC2CCOCC2)c1. The maximum Gasteiger partial charge on any atom is 0.0549 e. The maximum atomic E-state index is 5.64. The van der Waals surface area contributed by atoms with Crippen molar-refractivity contribution in [3.63, 3.8) is 0 Å². The fraction of sp³-hybridized carbons (Fsp3) is 0.500. The summed E-state index contributed by atoms with van der Waals surface area (Å²) in [7, 11) is 0. The van der Waals surface area contributed by atoms with Crippen LogP contribution in [-0.4, -0.2) is 24.2 Å². The van der Waals surface area contributed by atoms with E-state index in [0.717, 1.165) is 31.7 Å². The molecule has 2 rings (SSSR count). The zero-order chi connectivity index (χ0) is 9.80. The van der Waals surface area contributed by atoms with E-state index in [0.29, 0.717) is 11.7 Å². The monoisotopic (exact) mass is 193 g/mol. The molecule has 1 aliphatic heterocycles. The van der Waals surface area contributed by atoms with Gasteiger partial charge in [0, 0.05) is 25.5 Å². The van der Waals surface area contributed by atoms with E-state index in [1.54, 1.807) is 12.4 Å². The van der Waals surface area contributed by atoms with Gasteiger partial charge in [-0.2, -0.15) is 0 Å². The van der Waals surface area contributed by atoms with E-state index < -0.39 is 0 Å². The molecule has 0 spiro atoms. The molecule has 0 aromatic carbocycles. The van der Waals surface area contributed by atoms with Crippen LogP contribution in [0.1, 0.15) is 12.8 Å². The van der Waals surface area contributed by atoms with Crippen LogP contribution in [0.3, 0.4) is 0 Å². The summed E-state index contributed by atoms with van der Waals surface area (Å²) in [6.07, 6.45) is 5.55. The number of aromatic nitrogens is 1. The molecule has 0 unspecified atom stereocenters. The van der Waals surface area contributed by atoms with Gasteiger partial charge in [0.25, 0.3) is 0 Å². The molecule has 0 bridgehead atoms. The van der Waals surface area contributed by atoms with Gasteiger partial charge in [-0.1, -0.05) is 0 Å². The molecule has 1 saturated heterocycles. The van der Waals surface area contributed by atoms with Gasteiger partial charge in [0.15, 0.2) is 0 Å². The van der Waals surface area contributed by atoms with E-state index >= 15 is 0 Å². The zero-order valence-corrected chi connectivity index (χ0v) is 8.07. The second kappa shape index (κ2) is 4.28. The van der Waals surface area contributed by atoms with Crippen molar-refractivity contribution in [1.29, 1.82) is 0 Å². The van der Waals surface area contributed by atoms with Gasteiger partial charge in [-0.15, -0.1) is 0 Å². The number of hydrogen-bond acceptors (Lipinski definition) is 4. The molecule has 0 atom stereocenters. The standard InChI is InChI=1S/C10H15N3O/c11-8-5-10(7-12-6-8)13-9-1-3-14-4-2-9/h5-7,9,13H,1-4,11H2. The van der Waals surface area contributed by atoms with Gasteiger partial charge in [-0.05, 0) is 18.9 Å². The Labute approximate surface area is 83.5 Å². The smallest absolute Gasteiger partial charge is 0.0549 e. The number of anilines is 2. The number of nitrogens with zero attached hydrogens (tertiary/aromatic N) is 1. The molecule has 4 nitrogen and oxygen atoms in total. The van der Waals surface area contributed by atoms with E-state index in [1.807, 2.05) is 6.07 Å². The number of nitrogens with one attached hydrogen (secondary N) is 1. The second-order valence-corrected chi connectivity index (χ2v) is 3.54. The van der Waals surface area contributed by atoms with Crippen LogP contribution in [0, 0.1) is 0 Å². The Morgan fingerprint density at radius 3 is 2.86 bits per heavy atom. The Morgan fingerprint density at radius 2 is 2.14 bits per heavy atom. The Morgan fingerprint density at radius 1 is 1.36 bits per heavy atom. The van der Waals surface area contributed by atoms with Gasteiger partial charge >= 0.3 is 0 Å². The van der Waals surface area contributed by atoms with Crippen LogP contribution in [0.25, 0.3) is 0 Å². The van der Waals surface area contributed by atoms with Crippen LogP contribution >= 0.6 is 0 Å². The molecule has 0 saturated carbocycles. The summed E-state index contributed by atoms with van der Waals surface area (Å²) >= 11 is 0. The molecule has 14 heavy (non-hydrogen) atoms. The van der Waals surface area contributed by atoms with Crippen LogP contribution in [0.2, 0.25) is 0 Å². The number of ether oxygens (including phenoxy) is 1. The Kier molecular flexibility index (Phi) is 2.84. The molecule has 1 aromatic heterocycles. The van der Waals surface area contributed by atoms with Gasteiger partial charge < -0.3 is 15.8 Å². The highest BCUT2D eigenvalue weighted by Gasteiger charge is 2.13. The van der Waals surface area contributed by atoms with Crippen LogP contribution < -0.4 is 11.1 Å². The normalized spacial score (nSPS) is 18.0. The first-order valence-electron chi connectivity index (χ1n) is 4.89. The first-order valence-corrected chi connectivity index (χ1v) is 4.89. The lowest BCUT2D eigenvalue weighted by atomic mass is 10.1. The van der Waals surface area contributed by atoms with Gasteiger partial charge in [-0.3, -0.25) is 4.98 Å². The van der Waals surface area contributed by atoms with E-state index in [9.17, 15) is 0 Å². The molecule has 1 aromatic rings. The minimum absolute atomic E-state index is 0.493. The number of nitrogens with two attached hydrogens (primary N) is 1. The number of hydrogen-bond donors (Lipinski definition) is 2. The zero-order valence-electron chi connectivity index (χ0n) is 8.07. The van der Waals surface area contributed by atoms with Crippen molar-refractivity contribution >= 4 is 11.4 Å². The summed E-state index contributed by atoms with van der Waals surface area (Å²) in [4.78, 5) is 4.03. The van der Waals surface area contributed by atoms with Gasteiger partial charge in [0.1, 0.15) is 0 Å². The highest BCUT2D eigenvalue weighted by molar-refractivity contribution is 5.51. The summed E-state index contributed by atoms with van der Waals surface area (Å²) in [6.45, 7) is 1.68. The van der Waals surface area contributed by atoms with E-state index in [4.69, 9.17) is 10.5 Å². The molecule has 76 valence electrons. The fourth-order valence-electron chi connectivity index (χ4n) is 1.61. The lowest BCUT2D eigenvalue weighted by Gasteiger charge is -2.23. The van der Waals surface area contributed by atoms with Gasteiger partial charge in [0.05, 0.1) is 17.6 Å². The van der Waals surface area contributed by atoms with Crippen LogP contribution in [0.5, 0.6) is 0 Å². The molecule has 4 heteroatoms. The summed E-state index contributed by atoms with van der Waals surface area (Å²) in [5, 5.41) is 3.40. The minimum Gasteiger partial charge on any atom is -0.397 e. The van der Waals surface area contributed by atoms with Gasteiger partial charge in [-0.25, -0.2) is 0 Å². The topological polar surface area (TPSA) is 60.2 Å². The largest absolute Gasteiger partial charge is 0.397 e. The number of pyridine rings is 1. The average molecular weight is 193 g/mol. The first-order chi connectivity index (χ1) is 6.84. The van der Waals surface area contributed by atoms with Gasteiger partial charge in [0.2, 0.25) is 0 Å². The third kappa shape index (κ3) is 2.35. The predicted octanol–water partition coefficient (Wildman–Crippen LogP) is 1.25.